The van der Waals surface area contributed by atoms with Gasteiger partial charge in [0.1, 0.15) is 0 Å². The lowest BCUT2D eigenvalue weighted by Gasteiger charge is -2.56. The van der Waals surface area contributed by atoms with Gasteiger partial charge in [-0.25, -0.2) is 0 Å². The zero-order valence-electron chi connectivity index (χ0n) is 18.5. The van der Waals surface area contributed by atoms with Crippen molar-refractivity contribution in [2.75, 3.05) is 0 Å². The van der Waals surface area contributed by atoms with Gasteiger partial charge in [-0.3, -0.25) is 0 Å². The summed E-state index contributed by atoms with van der Waals surface area (Å²) in [6.45, 7) is 16.0. The quantitative estimate of drug-likeness (QED) is 0.436. The molecule has 0 radical (unpaired) electrons. The first-order valence-electron chi connectivity index (χ1n) is 12.1. The molecule has 4 fully saturated rings. The Morgan fingerprint density at radius 1 is 0.808 bits per heavy atom. The average molecular weight is 359 g/mol. The summed E-state index contributed by atoms with van der Waals surface area (Å²) in [5.74, 6) is 5.76. The maximum absolute atomic E-state index is 4.14. The van der Waals surface area contributed by atoms with E-state index in [1.54, 1.807) is 12.8 Å². The van der Waals surface area contributed by atoms with Crippen molar-refractivity contribution < 1.29 is 0 Å². The molecular weight excluding hydrogens is 312 g/mol. The fraction of sp³-hybridized carbons (Fsp3) is 0.923. The van der Waals surface area contributed by atoms with Gasteiger partial charge in [0.05, 0.1) is 0 Å². The minimum Gasteiger partial charge on any atom is -0.103 e. The van der Waals surface area contributed by atoms with Crippen molar-refractivity contribution in [2.45, 2.75) is 105 Å². The summed E-state index contributed by atoms with van der Waals surface area (Å²) in [6.07, 6.45) is 19.0. The van der Waals surface area contributed by atoms with Gasteiger partial charge in [0.25, 0.3) is 0 Å². The van der Waals surface area contributed by atoms with Gasteiger partial charge in [-0.05, 0) is 97.7 Å². The van der Waals surface area contributed by atoms with Gasteiger partial charge in [0.2, 0.25) is 0 Å². The minimum atomic E-state index is 0.611. The van der Waals surface area contributed by atoms with Crippen LogP contribution in [0.3, 0.4) is 0 Å². The lowest BCUT2D eigenvalue weighted by atomic mass is 9.49. The van der Waals surface area contributed by atoms with Crippen molar-refractivity contribution in [1.29, 1.82) is 0 Å². The number of hydrogen-bond acceptors (Lipinski definition) is 0. The van der Waals surface area contributed by atoms with E-state index in [0.717, 1.165) is 29.6 Å². The number of allylic oxidation sites excluding steroid dienone is 1. The second-order valence-corrected chi connectivity index (χ2v) is 10.6. The zero-order valence-corrected chi connectivity index (χ0v) is 18.5. The van der Waals surface area contributed by atoms with Crippen molar-refractivity contribution in [3.05, 3.63) is 12.7 Å². The molecule has 0 N–H and O–H groups in total. The fourth-order valence-electron chi connectivity index (χ4n) is 8.57. The molecule has 0 heteroatoms. The van der Waals surface area contributed by atoms with Crippen molar-refractivity contribution in [2.24, 2.45) is 46.3 Å². The van der Waals surface area contributed by atoms with E-state index in [1.165, 1.54) is 57.8 Å². The first kappa shape index (κ1) is 20.5. The van der Waals surface area contributed by atoms with Crippen molar-refractivity contribution in [1.82, 2.24) is 0 Å². The van der Waals surface area contributed by atoms with Gasteiger partial charge in [-0.2, -0.15) is 0 Å². The van der Waals surface area contributed by atoms with Crippen LogP contribution >= 0.6 is 0 Å². The summed E-state index contributed by atoms with van der Waals surface area (Å²) < 4.78 is 0. The average Bonchev–Trinajstić information content (AvgIpc) is 2.93. The number of rotatable bonds is 2. The Balaban J connectivity index is 0.000000948. The topological polar surface area (TPSA) is 0 Å². The molecule has 0 saturated heterocycles. The van der Waals surface area contributed by atoms with Crippen molar-refractivity contribution in [3.8, 4) is 0 Å². The van der Waals surface area contributed by atoms with Gasteiger partial charge in [0, 0.05) is 0 Å². The van der Waals surface area contributed by atoms with Gasteiger partial charge < -0.3 is 0 Å². The van der Waals surface area contributed by atoms with E-state index in [0.29, 0.717) is 16.7 Å². The smallest absolute Gasteiger partial charge is 0.0231 e. The van der Waals surface area contributed by atoms with Crippen LogP contribution < -0.4 is 0 Å². The fourth-order valence-corrected chi connectivity index (χ4v) is 8.57. The summed E-state index contributed by atoms with van der Waals surface area (Å²) in [4.78, 5) is 0. The highest BCUT2D eigenvalue weighted by Gasteiger charge is 2.58. The monoisotopic (exact) mass is 358 g/mol. The first-order chi connectivity index (χ1) is 12.5. The van der Waals surface area contributed by atoms with Crippen LogP contribution in [0.5, 0.6) is 0 Å². The SMILES string of the molecule is C=C[C@@H](C)C1CCC2C3CCC[C@H]4CCCC[C@]4(C)C3CCC21C.CC. The highest BCUT2D eigenvalue weighted by atomic mass is 14.6. The maximum atomic E-state index is 4.14. The highest BCUT2D eigenvalue weighted by Crippen LogP contribution is 2.67. The second kappa shape index (κ2) is 8.00. The molecule has 4 aliphatic rings. The lowest BCUT2D eigenvalue weighted by molar-refractivity contribution is -0.0696. The van der Waals surface area contributed by atoms with Gasteiger partial charge in [-0.1, -0.05) is 60.0 Å². The Hall–Kier alpha value is -0.260. The molecule has 4 rings (SSSR count). The summed E-state index contributed by atoms with van der Waals surface area (Å²) in [5, 5.41) is 0. The zero-order chi connectivity index (χ0) is 18.9. The predicted molar refractivity (Wildman–Crippen MR) is 115 cm³/mol. The summed E-state index contributed by atoms with van der Waals surface area (Å²) in [7, 11) is 0. The summed E-state index contributed by atoms with van der Waals surface area (Å²) in [5.41, 5.74) is 1.29. The van der Waals surface area contributed by atoms with Crippen LogP contribution in [0, 0.1) is 46.3 Å². The van der Waals surface area contributed by atoms with Crippen LogP contribution in [-0.4, -0.2) is 0 Å². The van der Waals surface area contributed by atoms with Crippen LogP contribution in [0.25, 0.3) is 0 Å². The van der Waals surface area contributed by atoms with Crippen LogP contribution in [0.2, 0.25) is 0 Å². The van der Waals surface area contributed by atoms with Crippen LogP contribution in [0.4, 0.5) is 0 Å². The predicted octanol–water partition coefficient (Wildman–Crippen LogP) is 8.27. The molecule has 0 aliphatic heterocycles. The van der Waals surface area contributed by atoms with E-state index in [4.69, 9.17) is 0 Å². The second-order valence-electron chi connectivity index (χ2n) is 10.6. The Morgan fingerprint density at radius 2 is 1.50 bits per heavy atom. The largest absolute Gasteiger partial charge is 0.103 e. The number of fused-ring (bicyclic) bond motifs is 5. The van der Waals surface area contributed by atoms with E-state index >= 15 is 0 Å². The molecule has 0 amide bonds. The van der Waals surface area contributed by atoms with Crippen LogP contribution in [0.1, 0.15) is 105 Å². The lowest BCUT2D eigenvalue weighted by Crippen LogP contribution is -2.49. The van der Waals surface area contributed by atoms with E-state index in [9.17, 15) is 0 Å². The molecule has 8 atom stereocenters. The Labute approximate surface area is 164 Å². The molecule has 150 valence electrons. The maximum Gasteiger partial charge on any atom is -0.0231 e. The molecule has 0 heterocycles. The molecule has 0 aromatic heterocycles. The van der Waals surface area contributed by atoms with Crippen molar-refractivity contribution in [3.63, 3.8) is 0 Å². The standard InChI is InChI=1S/C24H40.C2H6/c1-5-17(2)20-12-13-21-19-11-8-10-18-9-6-7-15-23(18,3)22(19)14-16-24(20,21)4;1-2/h5,17-22H,1,6-16H2,2-4H3;1-2H3/t17-,18-,19?,20?,21?,22?,23+,24?;/m1./s1. The Morgan fingerprint density at radius 3 is 2.23 bits per heavy atom. The first-order valence-corrected chi connectivity index (χ1v) is 12.1. The minimum absolute atomic E-state index is 0.611. The van der Waals surface area contributed by atoms with E-state index in [1.807, 2.05) is 13.8 Å². The Bertz CT molecular complexity index is 478. The molecule has 0 bridgehead atoms. The molecule has 0 spiro atoms. The molecular formula is C26H46. The van der Waals surface area contributed by atoms with E-state index in [2.05, 4.69) is 33.4 Å². The molecule has 4 saturated carbocycles. The molecule has 4 aliphatic carbocycles. The summed E-state index contributed by atoms with van der Waals surface area (Å²) in [6, 6.07) is 0. The van der Waals surface area contributed by atoms with Crippen molar-refractivity contribution >= 4 is 0 Å². The third-order valence-corrected chi connectivity index (χ3v) is 9.90. The van der Waals surface area contributed by atoms with Gasteiger partial charge in [0.15, 0.2) is 0 Å². The molecule has 5 unspecified atom stereocenters. The molecule has 0 nitrogen and oxygen atoms in total. The Kier molecular flexibility index (Phi) is 6.30. The van der Waals surface area contributed by atoms with Gasteiger partial charge >= 0.3 is 0 Å². The highest BCUT2D eigenvalue weighted by molar-refractivity contribution is 5.09. The number of hydrogen-bond donors (Lipinski definition) is 0. The van der Waals surface area contributed by atoms with Crippen LogP contribution in [-0.2, 0) is 0 Å². The normalized spacial score (nSPS) is 48.7. The van der Waals surface area contributed by atoms with Crippen LogP contribution in [0.15, 0.2) is 12.7 Å². The molecule has 0 aromatic carbocycles. The van der Waals surface area contributed by atoms with Gasteiger partial charge in [-0.15, -0.1) is 6.58 Å². The summed E-state index contributed by atoms with van der Waals surface area (Å²) >= 11 is 0. The third-order valence-electron chi connectivity index (χ3n) is 9.90. The molecule has 0 aromatic rings. The third kappa shape index (κ3) is 3.12. The van der Waals surface area contributed by atoms with E-state index < -0.39 is 0 Å². The van der Waals surface area contributed by atoms with E-state index in [-0.39, 0.29) is 0 Å². The molecule has 26 heavy (non-hydrogen) atoms.